The van der Waals surface area contributed by atoms with Crippen molar-refractivity contribution < 1.29 is 10.0 Å². The highest BCUT2D eigenvalue weighted by molar-refractivity contribution is 5.99. The second-order valence-corrected chi connectivity index (χ2v) is 4.45. The molecule has 7 heteroatoms. The van der Waals surface area contributed by atoms with Gasteiger partial charge >= 0.3 is 0 Å². The molecule has 0 saturated carbocycles. The minimum atomic E-state index is -0.317. The maximum Gasteiger partial charge on any atom is 0.257 e. The van der Waals surface area contributed by atoms with Crippen LogP contribution in [0.15, 0.2) is 11.4 Å². The van der Waals surface area contributed by atoms with Crippen molar-refractivity contribution in [3.8, 4) is 0 Å². The van der Waals surface area contributed by atoms with Crippen molar-refractivity contribution in [2.24, 2.45) is 17.9 Å². The minimum absolute atomic E-state index is 0.0855. The number of nitrogens with two attached hydrogens (primary N) is 1. The molecule has 0 radical (unpaired) electrons. The molecule has 1 unspecified atom stereocenters. The number of aryl methyl sites for hydroxylation is 1. The number of carbonyl (C=O) groups is 1. The summed E-state index contributed by atoms with van der Waals surface area (Å²) >= 11 is 0. The number of nitrogens with zero attached hydrogens (tertiary/aromatic N) is 4. The number of carbonyl (C=O) groups excluding carboxylic acids is 1. The van der Waals surface area contributed by atoms with E-state index in [1.807, 2.05) is 6.92 Å². The lowest BCUT2D eigenvalue weighted by Gasteiger charge is -2.23. The van der Waals surface area contributed by atoms with Gasteiger partial charge in [-0.15, -0.1) is 0 Å². The Morgan fingerprint density at radius 2 is 2.39 bits per heavy atom. The van der Waals surface area contributed by atoms with Gasteiger partial charge in [-0.3, -0.25) is 9.48 Å². The van der Waals surface area contributed by atoms with Crippen LogP contribution in [0.4, 0.5) is 0 Å². The van der Waals surface area contributed by atoms with Crippen molar-refractivity contribution >= 4 is 11.7 Å². The predicted octanol–water partition coefficient (Wildman–Crippen LogP) is 0.0795. The molecule has 1 aliphatic rings. The van der Waals surface area contributed by atoms with E-state index >= 15 is 0 Å². The summed E-state index contributed by atoms with van der Waals surface area (Å²) < 4.78 is 1.65. The van der Waals surface area contributed by atoms with Gasteiger partial charge in [-0.25, -0.2) is 0 Å². The average Bonchev–Trinajstić information content (AvgIpc) is 2.96. The zero-order valence-corrected chi connectivity index (χ0v) is 10.5. The van der Waals surface area contributed by atoms with Gasteiger partial charge in [0.05, 0.1) is 17.8 Å². The van der Waals surface area contributed by atoms with Crippen LogP contribution in [0.3, 0.4) is 0 Å². The molecule has 1 fully saturated rings. The molecule has 18 heavy (non-hydrogen) atoms. The number of amides is 1. The first-order chi connectivity index (χ1) is 8.56. The number of hydrogen-bond donors (Lipinski definition) is 2. The molecule has 3 N–H and O–H groups in total. The molecule has 0 aromatic carbocycles. The van der Waals surface area contributed by atoms with Crippen LogP contribution in [-0.2, 0) is 7.05 Å². The van der Waals surface area contributed by atoms with Crippen molar-refractivity contribution in [1.29, 1.82) is 0 Å². The van der Waals surface area contributed by atoms with E-state index in [1.165, 1.54) is 0 Å². The zero-order chi connectivity index (χ0) is 13.3. The first kappa shape index (κ1) is 12.4. The highest BCUT2D eigenvalue weighted by Crippen LogP contribution is 2.21. The smallest absolute Gasteiger partial charge is 0.257 e. The lowest BCUT2D eigenvalue weighted by molar-refractivity contribution is 0.0767. The topological polar surface area (TPSA) is 96.7 Å². The zero-order valence-electron chi connectivity index (χ0n) is 10.5. The van der Waals surface area contributed by atoms with Gasteiger partial charge in [0.1, 0.15) is 0 Å². The number of amidine groups is 1. The van der Waals surface area contributed by atoms with Gasteiger partial charge in [-0.2, -0.15) is 5.10 Å². The summed E-state index contributed by atoms with van der Waals surface area (Å²) in [5, 5.41) is 15.8. The summed E-state index contributed by atoms with van der Waals surface area (Å²) in [7, 11) is 1.79. The molecule has 1 aromatic rings. The standard InChI is InChI=1S/C11H17N5O2/c1-7-8(6-13-15(7)2)11(17)16-5-3-4-9(16)10(12)14-18/h6,9,18H,3-5H2,1-2H3,(H2,12,14). The molecule has 1 amide bonds. The molecular formula is C11H17N5O2. The second kappa shape index (κ2) is 4.67. The van der Waals surface area contributed by atoms with E-state index in [0.29, 0.717) is 12.1 Å². The van der Waals surface area contributed by atoms with Gasteiger partial charge in [-0.05, 0) is 19.8 Å². The fourth-order valence-corrected chi connectivity index (χ4v) is 2.25. The van der Waals surface area contributed by atoms with E-state index in [0.717, 1.165) is 18.5 Å². The van der Waals surface area contributed by atoms with E-state index in [1.54, 1.807) is 22.8 Å². The van der Waals surface area contributed by atoms with Crippen molar-refractivity contribution in [3.05, 3.63) is 17.5 Å². The van der Waals surface area contributed by atoms with Crippen LogP contribution in [-0.4, -0.2) is 44.2 Å². The van der Waals surface area contributed by atoms with Gasteiger partial charge in [0.2, 0.25) is 0 Å². The summed E-state index contributed by atoms with van der Waals surface area (Å²) in [6.45, 7) is 2.46. The molecule has 98 valence electrons. The Balaban J connectivity index is 2.26. The van der Waals surface area contributed by atoms with E-state index in [9.17, 15) is 4.79 Å². The van der Waals surface area contributed by atoms with Crippen LogP contribution < -0.4 is 5.73 Å². The normalized spacial score (nSPS) is 20.4. The number of oxime groups is 1. The first-order valence-corrected chi connectivity index (χ1v) is 5.83. The molecule has 0 spiro atoms. The second-order valence-electron chi connectivity index (χ2n) is 4.45. The molecule has 2 heterocycles. The minimum Gasteiger partial charge on any atom is -0.409 e. The third-order valence-electron chi connectivity index (χ3n) is 3.44. The van der Waals surface area contributed by atoms with Crippen LogP contribution in [0, 0.1) is 6.92 Å². The molecule has 1 aromatic heterocycles. The Bertz CT molecular complexity index is 494. The maximum atomic E-state index is 12.4. The fourth-order valence-electron chi connectivity index (χ4n) is 2.25. The summed E-state index contributed by atoms with van der Waals surface area (Å²) in [5.41, 5.74) is 6.99. The number of aromatic nitrogens is 2. The first-order valence-electron chi connectivity index (χ1n) is 5.83. The SMILES string of the molecule is Cc1c(C(=O)N2CCCC2C(N)=NO)cnn1C. The molecule has 0 aliphatic carbocycles. The van der Waals surface area contributed by atoms with Crippen LogP contribution in [0.1, 0.15) is 28.9 Å². The van der Waals surface area contributed by atoms with Crippen molar-refractivity contribution in [3.63, 3.8) is 0 Å². The van der Waals surface area contributed by atoms with Gasteiger partial charge < -0.3 is 15.8 Å². The number of likely N-dealkylation sites (tertiary alicyclic amines) is 1. The maximum absolute atomic E-state index is 12.4. The van der Waals surface area contributed by atoms with Crippen LogP contribution in [0.5, 0.6) is 0 Å². The van der Waals surface area contributed by atoms with E-state index in [4.69, 9.17) is 10.9 Å². The van der Waals surface area contributed by atoms with E-state index < -0.39 is 0 Å². The molecule has 0 bridgehead atoms. The lowest BCUT2D eigenvalue weighted by Crippen LogP contribution is -2.44. The third-order valence-corrected chi connectivity index (χ3v) is 3.44. The monoisotopic (exact) mass is 251 g/mol. The lowest BCUT2D eigenvalue weighted by atomic mass is 10.1. The fraction of sp³-hybridized carbons (Fsp3) is 0.545. The summed E-state index contributed by atoms with van der Waals surface area (Å²) in [6, 6.07) is -0.317. The van der Waals surface area contributed by atoms with Crippen molar-refractivity contribution in [2.45, 2.75) is 25.8 Å². The van der Waals surface area contributed by atoms with Crippen LogP contribution in [0.25, 0.3) is 0 Å². The Hall–Kier alpha value is -2.05. The quantitative estimate of drug-likeness (QED) is 0.336. The number of hydrogen-bond acceptors (Lipinski definition) is 4. The predicted molar refractivity (Wildman–Crippen MR) is 65.4 cm³/mol. The molecule has 7 nitrogen and oxygen atoms in total. The molecule has 1 saturated heterocycles. The van der Waals surface area contributed by atoms with Gasteiger partial charge in [-0.1, -0.05) is 5.16 Å². The van der Waals surface area contributed by atoms with Gasteiger partial charge in [0, 0.05) is 19.3 Å². The van der Waals surface area contributed by atoms with Crippen molar-refractivity contribution in [2.75, 3.05) is 6.54 Å². The van der Waals surface area contributed by atoms with Gasteiger partial charge in [0.15, 0.2) is 5.84 Å². The molecule has 2 rings (SSSR count). The largest absolute Gasteiger partial charge is 0.409 e. The van der Waals surface area contributed by atoms with Crippen LogP contribution >= 0.6 is 0 Å². The summed E-state index contributed by atoms with van der Waals surface area (Å²) in [6.07, 6.45) is 3.13. The molecular weight excluding hydrogens is 234 g/mol. The third kappa shape index (κ3) is 1.92. The Morgan fingerprint density at radius 1 is 1.67 bits per heavy atom. The summed E-state index contributed by atoms with van der Waals surface area (Å²) in [5.74, 6) is -0.0305. The Labute approximate surface area is 105 Å². The molecule has 1 aliphatic heterocycles. The van der Waals surface area contributed by atoms with Crippen LogP contribution in [0.2, 0.25) is 0 Å². The highest BCUT2D eigenvalue weighted by Gasteiger charge is 2.33. The Kier molecular flexibility index (Phi) is 3.22. The van der Waals surface area contributed by atoms with E-state index in [2.05, 4.69) is 10.3 Å². The molecule has 1 atom stereocenters. The average molecular weight is 251 g/mol. The van der Waals surface area contributed by atoms with Gasteiger partial charge in [0.25, 0.3) is 5.91 Å². The highest BCUT2D eigenvalue weighted by atomic mass is 16.4. The summed E-state index contributed by atoms with van der Waals surface area (Å²) in [4.78, 5) is 14.0. The number of rotatable bonds is 2. The van der Waals surface area contributed by atoms with E-state index in [-0.39, 0.29) is 17.8 Å². The van der Waals surface area contributed by atoms with Crippen molar-refractivity contribution in [1.82, 2.24) is 14.7 Å². The Morgan fingerprint density at radius 3 is 2.94 bits per heavy atom.